The van der Waals surface area contributed by atoms with E-state index in [2.05, 4.69) is 33.1 Å². The highest BCUT2D eigenvalue weighted by Gasteiger charge is 2.32. The normalized spacial score (nSPS) is 11.7. The molecule has 41 heavy (non-hydrogen) atoms. The number of aryl methyl sites for hydroxylation is 1. The summed E-state index contributed by atoms with van der Waals surface area (Å²) in [6.45, 7) is 12.9. The smallest absolute Gasteiger partial charge is 0.455 e. The topological polar surface area (TPSA) is 71.1 Å². The number of para-hydroxylation sites is 1. The van der Waals surface area contributed by atoms with Crippen molar-refractivity contribution in [2.24, 2.45) is 0 Å². The van der Waals surface area contributed by atoms with E-state index in [1.165, 1.54) is 25.8 Å². The summed E-state index contributed by atoms with van der Waals surface area (Å²) in [6, 6.07) is 24.7. The van der Waals surface area contributed by atoms with Gasteiger partial charge < -0.3 is 18.3 Å². The van der Waals surface area contributed by atoms with Crippen LogP contribution in [-0.4, -0.2) is 28.8 Å². The van der Waals surface area contributed by atoms with Crippen LogP contribution in [0.15, 0.2) is 72.8 Å². The van der Waals surface area contributed by atoms with Gasteiger partial charge in [0, 0.05) is 6.92 Å². The summed E-state index contributed by atoms with van der Waals surface area (Å²) in [5.74, 6) is 1.13. The van der Waals surface area contributed by atoms with Crippen molar-refractivity contribution in [1.29, 1.82) is 0 Å². The van der Waals surface area contributed by atoms with Gasteiger partial charge in [0.15, 0.2) is 16.6 Å². The molecule has 0 saturated heterocycles. The SMILES string of the molecule is CCCC[Si](C)(C)O[Si](C)(C)CCCc1ccccc1OC(=O)Oc1ccc(Cc2ccc(OC(C)=O)cc2)cc1. The molecular weight excluding hydrogens is 549 g/mol. The highest BCUT2D eigenvalue weighted by atomic mass is 28.4. The summed E-state index contributed by atoms with van der Waals surface area (Å²) in [5, 5.41) is 0. The quantitative estimate of drug-likeness (QED) is 0.0805. The van der Waals surface area contributed by atoms with Gasteiger partial charge in [0.05, 0.1) is 0 Å². The van der Waals surface area contributed by atoms with Gasteiger partial charge in [-0.25, -0.2) is 4.79 Å². The van der Waals surface area contributed by atoms with E-state index < -0.39 is 22.8 Å². The van der Waals surface area contributed by atoms with E-state index in [0.29, 0.717) is 23.7 Å². The van der Waals surface area contributed by atoms with Gasteiger partial charge in [0.2, 0.25) is 0 Å². The van der Waals surface area contributed by atoms with Crippen LogP contribution in [-0.2, 0) is 21.8 Å². The van der Waals surface area contributed by atoms with Crippen molar-refractivity contribution >= 4 is 28.8 Å². The molecule has 0 heterocycles. The first-order valence-electron chi connectivity index (χ1n) is 14.5. The fourth-order valence-corrected chi connectivity index (χ4v) is 14.0. The van der Waals surface area contributed by atoms with Crippen molar-refractivity contribution in [3.63, 3.8) is 0 Å². The second-order valence-electron chi connectivity index (χ2n) is 11.7. The zero-order valence-corrected chi connectivity index (χ0v) is 27.3. The van der Waals surface area contributed by atoms with Crippen LogP contribution in [0.25, 0.3) is 0 Å². The lowest BCUT2D eigenvalue weighted by Crippen LogP contribution is -2.44. The van der Waals surface area contributed by atoms with E-state index in [-0.39, 0.29) is 5.97 Å². The first-order valence-corrected chi connectivity index (χ1v) is 20.7. The van der Waals surface area contributed by atoms with Crippen molar-refractivity contribution in [2.75, 3.05) is 0 Å². The molecule has 0 N–H and O–H groups in total. The van der Waals surface area contributed by atoms with Gasteiger partial charge in [-0.15, -0.1) is 0 Å². The molecule has 0 fully saturated rings. The molecule has 220 valence electrons. The maximum atomic E-state index is 12.6. The van der Waals surface area contributed by atoms with Crippen LogP contribution in [0.5, 0.6) is 17.2 Å². The second-order valence-corrected chi connectivity index (χ2v) is 20.6. The minimum absolute atomic E-state index is 0.343. The average molecular weight is 593 g/mol. The molecule has 0 unspecified atom stereocenters. The minimum Gasteiger partial charge on any atom is -0.455 e. The number of unbranched alkanes of at least 4 members (excludes halogenated alkanes) is 1. The number of carbonyl (C=O) groups excluding carboxylic acids is 2. The molecule has 3 rings (SSSR count). The third-order valence-electron chi connectivity index (χ3n) is 6.79. The number of ether oxygens (including phenoxy) is 3. The maximum Gasteiger partial charge on any atom is 0.519 e. The Labute approximate surface area is 247 Å². The molecule has 0 spiro atoms. The monoisotopic (exact) mass is 592 g/mol. The highest BCUT2D eigenvalue weighted by Crippen LogP contribution is 2.27. The number of rotatable bonds is 14. The van der Waals surface area contributed by atoms with E-state index in [0.717, 1.165) is 35.6 Å². The van der Waals surface area contributed by atoms with Crippen LogP contribution in [0.3, 0.4) is 0 Å². The lowest BCUT2D eigenvalue weighted by Gasteiger charge is -2.34. The van der Waals surface area contributed by atoms with E-state index in [1.807, 2.05) is 48.5 Å². The zero-order valence-electron chi connectivity index (χ0n) is 25.3. The van der Waals surface area contributed by atoms with Crippen LogP contribution >= 0.6 is 0 Å². The van der Waals surface area contributed by atoms with Crippen molar-refractivity contribution in [1.82, 2.24) is 0 Å². The molecule has 0 radical (unpaired) electrons. The standard InChI is InChI=1S/C33H44O6Si2/c1-7-8-23-40(3,4)39-41(5,6)24-11-13-29-12-9-10-14-32(29)38-33(35)37-31-21-17-28(18-22-31)25-27-15-19-30(20-16-27)36-26(2)34/h9-10,12,14-22H,7-8,11,13,23-25H2,1-6H3. The molecule has 0 aliphatic carbocycles. The molecule has 0 atom stereocenters. The Hall–Kier alpha value is -3.21. The van der Waals surface area contributed by atoms with E-state index in [4.69, 9.17) is 18.3 Å². The van der Waals surface area contributed by atoms with Gasteiger partial charge in [-0.1, -0.05) is 62.2 Å². The first-order chi connectivity index (χ1) is 19.4. The summed E-state index contributed by atoms with van der Waals surface area (Å²) < 4.78 is 22.9. The molecule has 0 aromatic heterocycles. The summed E-state index contributed by atoms with van der Waals surface area (Å²) in [4.78, 5) is 23.7. The number of carbonyl (C=O) groups is 2. The Morgan fingerprint density at radius 3 is 1.78 bits per heavy atom. The Morgan fingerprint density at radius 1 is 0.683 bits per heavy atom. The molecule has 0 saturated carbocycles. The number of benzene rings is 3. The van der Waals surface area contributed by atoms with E-state index >= 15 is 0 Å². The zero-order chi connectivity index (χ0) is 29.9. The summed E-state index contributed by atoms with van der Waals surface area (Å²) >= 11 is 0. The molecule has 0 bridgehead atoms. The predicted octanol–water partition coefficient (Wildman–Crippen LogP) is 8.94. The molecule has 3 aromatic rings. The van der Waals surface area contributed by atoms with Crippen LogP contribution in [0, 0.1) is 0 Å². The third-order valence-corrected chi connectivity index (χ3v) is 14.3. The maximum absolute atomic E-state index is 12.6. The van der Waals surface area contributed by atoms with Crippen molar-refractivity contribution in [3.8, 4) is 17.2 Å². The second kappa shape index (κ2) is 15.1. The Morgan fingerprint density at radius 2 is 1.22 bits per heavy atom. The molecule has 6 nitrogen and oxygen atoms in total. The average Bonchev–Trinajstić information content (AvgIpc) is 2.90. The molecular formula is C33H44O6Si2. The fourth-order valence-electron chi connectivity index (χ4n) is 4.93. The van der Waals surface area contributed by atoms with Crippen molar-refractivity contribution in [3.05, 3.63) is 89.5 Å². The molecule has 3 aromatic carbocycles. The number of esters is 1. The molecule has 0 aliphatic heterocycles. The van der Waals surface area contributed by atoms with Gasteiger partial charge in [-0.2, -0.15) is 0 Å². The number of hydrogen-bond acceptors (Lipinski definition) is 6. The van der Waals surface area contributed by atoms with Crippen molar-refractivity contribution < 1.29 is 27.9 Å². The largest absolute Gasteiger partial charge is 0.519 e. The molecule has 0 aliphatic rings. The predicted molar refractivity (Wildman–Crippen MR) is 169 cm³/mol. The van der Waals surface area contributed by atoms with Crippen LogP contribution in [0.2, 0.25) is 38.3 Å². The van der Waals surface area contributed by atoms with E-state index in [1.54, 1.807) is 24.3 Å². The lowest BCUT2D eigenvalue weighted by molar-refractivity contribution is -0.131. The van der Waals surface area contributed by atoms with Crippen molar-refractivity contribution in [2.45, 2.75) is 84.2 Å². The minimum atomic E-state index is -1.77. The van der Waals surface area contributed by atoms with Gasteiger partial charge in [-0.3, -0.25) is 4.79 Å². The Bertz CT molecular complexity index is 1270. The van der Waals surface area contributed by atoms with Gasteiger partial charge in [0.1, 0.15) is 17.2 Å². The summed E-state index contributed by atoms with van der Waals surface area (Å²) in [5.41, 5.74) is 3.13. The Balaban J connectivity index is 1.50. The van der Waals surface area contributed by atoms with E-state index in [9.17, 15) is 9.59 Å². The lowest BCUT2D eigenvalue weighted by atomic mass is 10.0. The molecule has 0 amide bonds. The first kappa shape index (κ1) is 32.3. The highest BCUT2D eigenvalue weighted by molar-refractivity contribution is 6.84. The summed E-state index contributed by atoms with van der Waals surface area (Å²) in [7, 11) is -3.40. The fraction of sp³-hybridized carbons (Fsp3) is 0.394. The van der Waals surface area contributed by atoms with Crippen LogP contribution < -0.4 is 14.2 Å². The molecule has 8 heteroatoms. The van der Waals surface area contributed by atoms with Gasteiger partial charge in [0.25, 0.3) is 0 Å². The Kier molecular flexibility index (Phi) is 11.9. The number of hydrogen-bond donors (Lipinski definition) is 0. The third kappa shape index (κ3) is 11.7. The van der Waals surface area contributed by atoms with Crippen LogP contribution in [0.1, 0.15) is 49.8 Å². The summed E-state index contributed by atoms with van der Waals surface area (Å²) in [6.07, 6.45) is 4.19. The van der Waals surface area contributed by atoms with Gasteiger partial charge in [-0.05, 0) is 105 Å². The van der Waals surface area contributed by atoms with Gasteiger partial charge >= 0.3 is 12.1 Å². The van der Waals surface area contributed by atoms with Crippen LogP contribution in [0.4, 0.5) is 4.79 Å².